The van der Waals surface area contributed by atoms with E-state index >= 15 is 0 Å². The number of carbonyl (C=O) groups excluding carboxylic acids is 1. The molecule has 2 rings (SSSR count). The molecule has 0 saturated carbocycles. The molecule has 0 radical (unpaired) electrons. The highest BCUT2D eigenvalue weighted by atomic mass is 79.9. The zero-order chi connectivity index (χ0) is 13.4. The van der Waals surface area contributed by atoms with E-state index in [4.69, 9.17) is 5.11 Å². The van der Waals surface area contributed by atoms with Crippen molar-refractivity contribution in [2.24, 2.45) is 18.9 Å². The van der Waals surface area contributed by atoms with Gasteiger partial charge in [0.2, 0.25) is 0 Å². The predicted octanol–water partition coefficient (Wildman–Crippen LogP) is 1.58. The van der Waals surface area contributed by atoms with Gasteiger partial charge < -0.3 is 14.6 Å². The summed E-state index contributed by atoms with van der Waals surface area (Å²) in [5.74, 6) is -1.41. The van der Waals surface area contributed by atoms with Crippen LogP contribution in [-0.2, 0) is 11.8 Å². The maximum absolute atomic E-state index is 12.3. The molecule has 0 aliphatic carbocycles. The monoisotopic (exact) mass is 314 g/mol. The Bertz CT molecular complexity index is 498. The van der Waals surface area contributed by atoms with Gasteiger partial charge in [-0.25, -0.2) is 0 Å². The number of carbonyl (C=O) groups is 2. The summed E-state index contributed by atoms with van der Waals surface area (Å²) in [6.07, 6.45) is 1.81. The molecule has 1 aliphatic heterocycles. The second-order valence-electron chi connectivity index (χ2n) is 4.79. The first-order valence-electron chi connectivity index (χ1n) is 5.74. The average molecular weight is 315 g/mol. The molecule has 2 unspecified atom stereocenters. The number of rotatable bonds is 2. The highest BCUT2D eigenvalue weighted by Crippen LogP contribution is 2.25. The fourth-order valence-corrected chi connectivity index (χ4v) is 2.88. The van der Waals surface area contributed by atoms with Gasteiger partial charge in [-0.3, -0.25) is 9.59 Å². The third-order valence-corrected chi connectivity index (χ3v) is 3.84. The zero-order valence-electron chi connectivity index (χ0n) is 10.3. The molecular formula is C12H15BrN2O3. The number of nitrogens with zero attached hydrogens (tertiary/aromatic N) is 2. The van der Waals surface area contributed by atoms with Crippen molar-refractivity contribution in [3.63, 3.8) is 0 Å². The molecule has 18 heavy (non-hydrogen) atoms. The van der Waals surface area contributed by atoms with Gasteiger partial charge in [-0.2, -0.15) is 0 Å². The minimum absolute atomic E-state index is 0.00448. The van der Waals surface area contributed by atoms with Crippen LogP contribution in [0.2, 0.25) is 0 Å². The lowest BCUT2D eigenvalue weighted by molar-refractivity contribution is -0.142. The van der Waals surface area contributed by atoms with E-state index in [9.17, 15) is 9.59 Å². The quantitative estimate of drug-likeness (QED) is 0.901. The van der Waals surface area contributed by atoms with Crippen molar-refractivity contribution in [1.82, 2.24) is 9.47 Å². The summed E-state index contributed by atoms with van der Waals surface area (Å²) in [4.78, 5) is 24.9. The van der Waals surface area contributed by atoms with E-state index in [1.165, 1.54) is 0 Å². The van der Waals surface area contributed by atoms with Crippen molar-refractivity contribution in [1.29, 1.82) is 0 Å². The Labute approximate surface area is 114 Å². The van der Waals surface area contributed by atoms with Crippen molar-refractivity contribution < 1.29 is 14.7 Å². The van der Waals surface area contributed by atoms with E-state index in [2.05, 4.69) is 15.9 Å². The Morgan fingerprint density at radius 1 is 1.44 bits per heavy atom. The second-order valence-corrected chi connectivity index (χ2v) is 5.70. The molecule has 1 aliphatic rings. The van der Waals surface area contributed by atoms with Crippen LogP contribution < -0.4 is 0 Å². The SMILES string of the molecule is CC1CN(C(=O)c2cc(Br)cn2C)CC1C(=O)O. The third-order valence-electron chi connectivity index (χ3n) is 3.41. The molecule has 6 heteroatoms. The number of aromatic nitrogens is 1. The van der Waals surface area contributed by atoms with Gasteiger partial charge >= 0.3 is 5.97 Å². The van der Waals surface area contributed by atoms with Crippen LogP contribution in [0.3, 0.4) is 0 Å². The van der Waals surface area contributed by atoms with Gasteiger partial charge in [-0.15, -0.1) is 0 Å². The molecule has 1 aromatic rings. The van der Waals surface area contributed by atoms with Crippen LogP contribution in [0.1, 0.15) is 17.4 Å². The molecule has 1 saturated heterocycles. The summed E-state index contributed by atoms with van der Waals surface area (Å²) in [5, 5.41) is 9.06. The highest BCUT2D eigenvalue weighted by Gasteiger charge is 2.37. The maximum atomic E-state index is 12.3. The van der Waals surface area contributed by atoms with E-state index in [1.54, 1.807) is 28.8 Å². The molecule has 1 aromatic heterocycles. The Hall–Kier alpha value is -1.30. The molecule has 2 atom stereocenters. The number of aryl methyl sites for hydroxylation is 1. The smallest absolute Gasteiger partial charge is 0.308 e. The highest BCUT2D eigenvalue weighted by molar-refractivity contribution is 9.10. The maximum Gasteiger partial charge on any atom is 0.308 e. The van der Waals surface area contributed by atoms with Gasteiger partial charge in [-0.05, 0) is 27.9 Å². The summed E-state index contributed by atoms with van der Waals surface area (Å²) in [5.41, 5.74) is 0.570. The number of likely N-dealkylation sites (tertiary alicyclic amines) is 1. The number of hydrogen-bond donors (Lipinski definition) is 1. The van der Waals surface area contributed by atoms with Crippen LogP contribution in [-0.4, -0.2) is 39.5 Å². The number of carboxylic acids is 1. The molecule has 0 bridgehead atoms. The Kier molecular flexibility index (Phi) is 3.47. The van der Waals surface area contributed by atoms with Crippen LogP contribution in [0.15, 0.2) is 16.7 Å². The number of halogens is 1. The van der Waals surface area contributed by atoms with E-state index in [0.717, 1.165) is 4.47 Å². The number of amides is 1. The summed E-state index contributed by atoms with van der Waals surface area (Å²) in [6, 6.07) is 1.75. The predicted molar refractivity (Wildman–Crippen MR) is 69.3 cm³/mol. The number of aliphatic carboxylic acids is 1. The van der Waals surface area contributed by atoms with Crippen LogP contribution in [0.4, 0.5) is 0 Å². The molecule has 98 valence electrons. The molecule has 1 amide bonds. The van der Waals surface area contributed by atoms with Gasteiger partial charge in [0, 0.05) is 30.8 Å². The number of hydrogen-bond acceptors (Lipinski definition) is 2. The van der Waals surface area contributed by atoms with E-state index in [-0.39, 0.29) is 18.4 Å². The first kappa shape index (κ1) is 13.1. The van der Waals surface area contributed by atoms with Crippen molar-refractivity contribution in [2.45, 2.75) is 6.92 Å². The average Bonchev–Trinajstić information content (AvgIpc) is 2.81. The lowest BCUT2D eigenvalue weighted by atomic mass is 9.99. The van der Waals surface area contributed by atoms with Crippen molar-refractivity contribution >= 4 is 27.8 Å². The molecule has 0 aromatic carbocycles. The van der Waals surface area contributed by atoms with Gasteiger partial charge in [0.1, 0.15) is 5.69 Å². The van der Waals surface area contributed by atoms with E-state index < -0.39 is 11.9 Å². The lowest BCUT2D eigenvalue weighted by Gasteiger charge is -2.16. The zero-order valence-corrected chi connectivity index (χ0v) is 11.8. The van der Waals surface area contributed by atoms with Crippen molar-refractivity contribution in [3.8, 4) is 0 Å². The topological polar surface area (TPSA) is 62.5 Å². The van der Waals surface area contributed by atoms with E-state index in [1.807, 2.05) is 6.92 Å². The third kappa shape index (κ3) is 2.29. The first-order valence-corrected chi connectivity index (χ1v) is 6.53. The Morgan fingerprint density at radius 2 is 2.11 bits per heavy atom. The molecule has 1 fully saturated rings. The number of carboxylic acid groups (broad SMARTS) is 1. The summed E-state index contributed by atoms with van der Waals surface area (Å²) in [7, 11) is 1.80. The first-order chi connectivity index (χ1) is 8.40. The Balaban J connectivity index is 2.17. The van der Waals surface area contributed by atoms with E-state index in [0.29, 0.717) is 12.2 Å². The fourth-order valence-electron chi connectivity index (χ4n) is 2.35. The van der Waals surface area contributed by atoms with Crippen molar-refractivity contribution in [3.05, 3.63) is 22.4 Å². The lowest BCUT2D eigenvalue weighted by Crippen LogP contribution is -2.31. The summed E-state index contributed by atoms with van der Waals surface area (Å²) >= 11 is 3.32. The minimum atomic E-state index is -0.828. The molecule has 5 nitrogen and oxygen atoms in total. The largest absolute Gasteiger partial charge is 0.481 e. The molecule has 1 N–H and O–H groups in total. The van der Waals surface area contributed by atoms with Crippen LogP contribution in [0.25, 0.3) is 0 Å². The van der Waals surface area contributed by atoms with Gasteiger partial charge in [0.05, 0.1) is 5.92 Å². The van der Waals surface area contributed by atoms with Gasteiger partial charge in [-0.1, -0.05) is 6.92 Å². The summed E-state index contributed by atoms with van der Waals surface area (Å²) < 4.78 is 2.58. The fraction of sp³-hybridized carbons (Fsp3) is 0.500. The van der Waals surface area contributed by atoms with Crippen LogP contribution >= 0.6 is 15.9 Å². The van der Waals surface area contributed by atoms with Crippen molar-refractivity contribution in [2.75, 3.05) is 13.1 Å². The van der Waals surface area contributed by atoms with Gasteiger partial charge in [0.15, 0.2) is 0 Å². The molecule has 0 spiro atoms. The van der Waals surface area contributed by atoms with Crippen LogP contribution in [0, 0.1) is 11.8 Å². The molecular weight excluding hydrogens is 300 g/mol. The van der Waals surface area contributed by atoms with Gasteiger partial charge in [0.25, 0.3) is 5.91 Å². The standard InChI is InChI=1S/C12H15BrN2O3/c1-7-4-15(6-9(7)12(17)18)11(16)10-3-8(13)5-14(10)2/h3,5,7,9H,4,6H2,1-2H3,(H,17,18). The van der Waals surface area contributed by atoms with Crippen LogP contribution in [0.5, 0.6) is 0 Å². The summed E-state index contributed by atoms with van der Waals surface area (Å²) in [6.45, 7) is 2.66. The normalized spacial score (nSPS) is 23.4. The Morgan fingerprint density at radius 3 is 2.56 bits per heavy atom. The minimum Gasteiger partial charge on any atom is -0.481 e. The second kappa shape index (κ2) is 4.76. The molecule has 2 heterocycles.